The first kappa shape index (κ1) is 15.3. The molecule has 1 amide bonds. The van der Waals surface area contributed by atoms with E-state index in [2.05, 4.69) is 22.5 Å². The molecule has 0 unspecified atom stereocenters. The predicted molar refractivity (Wildman–Crippen MR) is 81.8 cm³/mol. The van der Waals surface area contributed by atoms with Crippen molar-refractivity contribution >= 4 is 17.5 Å². The monoisotopic (exact) mass is 295 g/mol. The summed E-state index contributed by atoms with van der Waals surface area (Å²) >= 11 is 6.08. The van der Waals surface area contributed by atoms with Gasteiger partial charge in [-0.05, 0) is 24.6 Å². The molecule has 0 aliphatic carbocycles. The lowest BCUT2D eigenvalue weighted by Gasteiger charge is -2.37. The largest absolute Gasteiger partial charge is 0.351 e. The first-order chi connectivity index (χ1) is 9.70. The van der Waals surface area contributed by atoms with Gasteiger partial charge in [0.2, 0.25) is 5.91 Å². The quantitative estimate of drug-likeness (QED) is 0.804. The number of hydrogen-bond donors (Lipinski definition) is 2. The van der Waals surface area contributed by atoms with Gasteiger partial charge in [0, 0.05) is 30.7 Å². The summed E-state index contributed by atoms with van der Waals surface area (Å²) in [5, 5.41) is 6.89. The molecule has 0 spiro atoms. The lowest BCUT2D eigenvalue weighted by molar-refractivity contribution is -0.123. The Labute approximate surface area is 125 Å². The fraction of sp³-hybridized carbons (Fsp3) is 0.533. The van der Waals surface area contributed by atoms with Crippen LogP contribution >= 0.6 is 11.6 Å². The number of carbonyl (C=O) groups excluding carboxylic acids is 1. The van der Waals surface area contributed by atoms with Crippen LogP contribution in [0.1, 0.15) is 18.9 Å². The van der Waals surface area contributed by atoms with Gasteiger partial charge in [0.05, 0.1) is 6.54 Å². The van der Waals surface area contributed by atoms with Gasteiger partial charge in [-0.3, -0.25) is 9.69 Å². The molecule has 1 aromatic rings. The van der Waals surface area contributed by atoms with Crippen molar-refractivity contribution in [1.29, 1.82) is 0 Å². The number of nitrogens with one attached hydrogen (secondary N) is 2. The van der Waals surface area contributed by atoms with Crippen LogP contribution in [-0.4, -0.2) is 43.0 Å². The van der Waals surface area contributed by atoms with Gasteiger partial charge in [-0.15, -0.1) is 0 Å². The van der Waals surface area contributed by atoms with E-state index >= 15 is 0 Å². The highest BCUT2D eigenvalue weighted by Gasteiger charge is 2.25. The van der Waals surface area contributed by atoms with Gasteiger partial charge in [0.25, 0.3) is 0 Å². The highest BCUT2D eigenvalue weighted by molar-refractivity contribution is 6.31. The van der Waals surface area contributed by atoms with Crippen molar-refractivity contribution in [3.8, 4) is 0 Å². The van der Waals surface area contributed by atoms with Crippen molar-refractivity contribution < 1.29 is 4.79 Å². The molecular weight excluding hydrogens is 274 g/mol. The van der Waals surface area contributed by atoms with Crippen LogP contribution in [-0.2, 0) is 11.3 Å². The van der Waals surface area contributed by atoms with Crippen molar-refractivity contribution in [2.24, 2.45) is 0 Å². The Morgan fingerprint density at radius 1 is 1.45 bits per heavy atom. The third-order valence-electron chi connectivity index (χ3n) is 3.57. The highest BCUT2D eigenvalue weighted by atomic mass is 35.5. The first-order valence-electron chi connectivity index (χ1n) is 7.15. The second-order valence-electron chi connectivity index (χ2n) is 5.15. The Balaban J connectivity index is 1.80. The number of nitrogens with zero attached hydrogens (tertiary/aromatic N) is 1. The predicted octanol–water partition coefficient (Wildman–Crippen LogP) is 1.64. The number of rotatable bonds is 7. The number of hydrogen-bond acceptors (Lipinski definition) is 3. The second kappa shape index (κ2) is 7.62. The van der Waals surface area contributed by atoms with Crippen LogP contribution in [0.3, 0.4) is 0 Å². The molecule has 0 aromatic heterocycles. The van der Waals surface area contributed by atoms with Crippen molar-refractivity contribution in [3.05, 3.63) is 34.9 Å². The lowest BCUT2D eigenvalue weighted by Crippen LogP contribution is -2.59. The summed E-state index contributed by atoms with van der Waals surface area (Å²) in [7, 11) is 0. The molecule has 4 nitrogen and oxygen atoms in total. The van der Waals surface area contributed by atoms with Gasteiger partial charge >= 0.3 is 0 Å². The van der Waals surface area contributed by atoms with Crippen LogP contribution in [0.2, 0.25) is 5.02 Å². The summed E-state index contributed by atoms with van der Waals surface area (Å²) in [6.45, 7) is 6.02. The van der Waals surface area contributed by atoms with E-state index in [-0.39, 0.29) is 5.91 Å². The molecule has 1 saturated heterocycles. The maximum Gasteiger partial charge on any atom is 0.234 e. The molecule has 20 heavy (non-hydrogen) atoms. The molecule has 1 fully saturated rings. The van der Waals surface area contributed by atoms with Crippen molar-refractivity contribution in [3.63, 3.8) is 0 Å². The van der Waals surface area contributed by atoms with Crippen LogP contribution < -0.4 is 10.6 Å². The van der Waals surface area contributed by atoms with Crippen LogP contribution in [0.15, 0.2) is 24.3 Å². The molecule has 1 aliphatic heterocycles. The summed E-state index contributed by atoms with van der Waals surface area (Å²) in [5.41, 5.74) is 0.954. The number of amides is 1. The highest BCUT2D eigenvalue weighted by Crippen LogP contribution is 2.14. The summed E-state index contributed by atoms with van der Waals surface area (Å²) < 4.78 is 0. The molecule has 2 N–H and O–H groups in total. The van der Waals surface area contributed by atoms with Crippen LogP contribution in [0.5, 0.6) is 0 Å². The molecule has 1 heterocycles. The van der Waals surface area contributed by atoms with Gasteiger partial charge in [0.1, 0.15) is 0 Å². The summed E-state index contributed by atoms with van der Waals surface area (Å²) in [6.07, 6.45) is 1.06. The number of benzene rings is 1. The minimum Gasteiger partial charge on any atom is -0.351 e. The zero-order valence-corrected chi connectivity index (χ0v) is 12.6. The Kier molecular flexibility index (Phi) is 5.83. The molecule has 5 heteroatoms. The summed E-state index contributed by atoms with van der Waals surface area (Å²) in [4.78, 5) is 14.3. The molecule has 0 radical (unpaired) electrons. The van der Waals surface area contributed by atoms with Crippen LogP contribution in [0, 0.1) is 0 Å². The van der Waals surface area contributed by atoms with Gasteiger partial charge in [-0.25, -0.2) is 0 Å². The third-order valence-corrected chi connectivity index (χ3v) is 3.94. The fourth-order valence-electron chi connectivity index (χ4n) is 2.29. The van der Waals surface area contributed by atoms with E-state index in [1.54, 1.807) is 0 Å². The summed E-state index contributed by atoms with van der Waals surface area (Å²) in [6, 6.07) is 8.09. The SMILES string of the molecule is CCCN(CC(=O)NCc1ccccc1Cl)C1CNC1. The lowest BCUT2D eigenvalue weighted by atomic mass is 10.1. The third kappa shape index (κ3) is 4.20. The average molecular weight is 296 g/mol. The van der Waals surface area contributed by atoms with Gasteiger partial charge in [-0.2, -0.15) is 0 Å². The van der Waals surface area contributed by atoms with Crippen molar-refractivity contribution in [2.45, 2.75) is 25.9 Å². The molecule has 110 valence electrons. The smallest absolute Gasteiger partial charge is 0.234 e. The first-order valence-corrected chi connectivity index (χ1v) is 7.53. The standard InChI is InChI=1S/C15H22ClN3O/c1-2-7-19(13-9-17-10-13)11-15(20)18-8-12-5-3-4-6-14(12)16/h3-6,13,17H,2,7-11H2,1H3,(H,18,20). The molecule has 1 aliphatic rings. The van der Waals surface area contributed by atoms with Crippen molar-refractivity contribution in [1.82, 2.24) is 15.5 Å². The van der Waals surface area contributed by atoms with E-state index in [4.69, 9.17) is 11.6 Å². The fourth-order valence-corrected chi connectivity index (χ4v) is 2.49. The Bertz CT molecular complexity index is 448. The van der Waals surface area contributed by atoms with E-state index < -0.39 is 0 Å². The number of carbonyl (C=O) groups is 1. The van der Waals surface area contributed by atoms with Crippen LogP contribution in [0.4, 0.5) is 0 Å². The van der Waals surface area contributed by atoms with Crippen LogP contribution in [0.25, 0.3) is 0 Å². The van der Waals surface area contributed by atoms with E-state index in [1.165, 1.54) is 0 Å². The minimum atomic E-state index is 0.0604. The maximum absolute atomic E-state index is 12.0. The van der Waals surface area contributed by atoms with E-state index in [0.29, 0.717) is 24.2 Å². The van der Waals surface area contributed by atoms with E-state index in [0.717, 1.165) is 31.6 Å². The Morgan fingerprint density at radius 2 is 2.20 bits per heavy atom. The molecule has 0 bridgehead atoms. The van der Waals surface area contributed by atoms with E-state index in [9.17, 15) is 4.79 Å². The van der Waals surface area contributed by atoms with Crippen molar-refractivity contribution in [2.75, 3.05) is 26.2 Å². The molecule has 0 saturated carbocycles. The van der Waals surface area contributed by atoms with Gasteiger partial charge in [0.15, 0.2) is 0 Å². The zero-order chi connectivity index (χ0) is 14.4. The molecule has 0 atom stereocenters. The normalized spacial score (nSPS) is 15.2. The minimum absolute atomic E-state index is 0.0604. The van der Waals surface area contributed by atoms with Gasteiger partial charge < -0.3 is 10.6 Å². The van der Waals surface area contributed by atoms with E-state index in [1.807, 2.05) is 24.3 Å². The molecule has 2 rings (SSSR count). The molecular formula is C15H22ClN3O. The zero-order valence-electron chi connectivity index (χ0n) is 11.9. The summed E-state index contributed by atoms with van der Waals surface area (Å²) in [5.74, 6) is 0.0604. The average Bonchev–Trinajstić information content (AvgIpc) is 2.36. The Morgan fingerprint density at radius 3 is 2.80 bits per heavy atom. The second-order valence-corrected chi connectivity index (χ2v) is 5.56. The topological polar surface area (TPSA) is 44.4 Å². The van der Waals surface area contributed by atoms with Gasteiger partial charge in [-0.1, -0.05) is 36.7 Å². The number of halogens is 1. The maximum atomic E-state index is 12.0. The molecule has 1 aromatic carbocycles. The Hall–Kier alpha value is -1.10.